The fourth-order valence-corrected chi connectivity index (χ4v) is 7.08. The molecular formula is C44H49Cl4N5O13. The van der Waals surface area contributed by atoms with E-state index >= 15 is 0 Å². The van der Waals surface area contributed by atoms with E-state index in [4.69, 9.17) is 70.1 Å². The van der Waals surface area contributed by atoms with Crippen LogP contribution in [-0.2, 0) is 49.3 Å². The molecule has 0 aromatic heterocycles. The van der Waals surface area contributed by atoms with Crippen molar-refractivity contribution < 1.29 is 62.4 Å². The lowest BCUT2D eigenvalue weighted by molar-refractivity contribution is -0.139. The van der Waals surface area contributed by atoms with E-state index in [9.17, 15) is 38.7 Å². The molecule has 3 aromatic rings. The highest BCUT2D eigenvalue weighted by Crippen LogP contribution is 2.31. The summed E-state index contributed by atoms with van der Waals surface area (Å²) in [6, 6.07) is 12.5. The average Bonchev–Trinajstić information content (AvgIpc) is 3.59. The van der Waals surface area contributed by atoms with Crippen molar-refractivity contribution >= 4 is 93.5 Å². The minimum Gasteiger partial charge on any atom is -0.493 e. The molecule has 1 heterocycles. The van der Waals surface area contributed by atoms with Crippen LogP contribution in [0.5, 0.6) is 5.75 Å². The molecule has 66 heavy (non-hydrogen) atoms. The lowest BCUT2D eigenvalue weighted by Crippen LogP contribution is -2.42. The topological polar surface area (TPSA) is 237 Å². The van der Waals surface area contributed by atoms with Gasteiger partial charge in [0.1, 0.15) is 11.8 Å². The number of hydrogen-bond donors (Lipinski definition) is 5. The van der Waals surface area contributed by atoms with E-state index in [1.54, 1.807) is 30.3 Å². The van der Waals surface area contributed by atoms with Crippen molar-refractivity contribution in [3.63, 3.8) is 0 Å². The lowest BCUT2D eigenvalue weighted by Gasteiger charge is -2.17. The maximum atomic E-state index is 13.2. The van der Waals surface area contributed by atoms with Crippen LogP contribution in [0.3, 0.4) is 0 Å². The number of nitrogens with zero attached hydrogens (tertiary/aromatic N) is 1. The molecular weight excluding hydrogens is 948 g/mol. The number of imide groups is 1. The lowest BCUT2D eigenvalue weighted by atomic mass is 10.0. The highest BCUT2D eigenvalue weighted by molar-refractivity contribution is 6.41. The Hall–Kier alpha value is -5.31. The van der Waals surface area contributed by atoms with Crippen LogP contribution < -0.4 is 26.0 Å². The molecule has 6 amide bonds. The molecule has 356 valence electrons. The van der Waals surface area contributed by atoms with Gasteiger partial charge in [0.2, 0.25) is 11.8 Å². The summed E-state index contributed by atoms with van der Waals surface area (Å²) in [6.45, 7) is 3.28. The van der Waals surface area contributed by atoms with Crippen molar-refractivity contribution in [2.75, 3.05) is 84.4 Å². The summed E-state index contributed by atoms with van der Waals surface area (Å²) in [5, 5.41) is 20.7. The van der Waals surface area contributed by atoms with Crippen molar-refractivity contribution in [2.45, 2.75) is 31.7 Å². The number of rotatable bonds is 30. The van der Waals surface area contributed by atoms with Crippen LogP contribution in [0.4, 0.5) is 5.69 Å². The van der Waals surface area contributed by atoms with E-state index in [2.05, 4.69) is 21.3 Å². The van der Waals surface area contributed by atoms with E-state index in [0.717, 1.165) is 4.90 Å². The quantitative estimate of drug-likeness (QED) is 0.0449. The highest BCUT2D eigenvalue weighted by Gasteiger charge is 2.26. The first-order chi connectivity index (χ1) is 31.7. The molecule has 0 fully saturated rings. The number of carbonyl (C=O) groups is 7. The molecule has 3 aromatic carbocycles. The number of hydrogen-bond acceptors (Lipinski definition) is 12. The zero-order valence-electron chi connectivity index (χ0n) is 35.5. The van der Waals surface area contributed by atoms with Gasteiger partial charge in [0.05, 0.1) is 90.7 Å². The number of ether oxygens (including phenoxy) is 5. The first-order valence-electron chi connectivity index (χ1n) is 20.6. The smallest absolute Gasteiger partial charge is 0.326 e. The summed E-state index contributed by atoms with van der Waals surface area (Å²) in [5.74, 6) is -3.70. The predicted molar refractivity (Wildman–Crippen MR) is 244 cm³/mol. The number of carbonyl (C=O) groups excluding carboxylic acids is 6. The van der Waals surface area contributed by atoms with Gasteiger partial charge in [-0.3, -0.25) is 33.7 Å². The first kappa shape index (κ1) is 53.3. The molecule has 0 aliphatic carbocycles. The summed E-state index contributed by atoms with van der Waals surface area (Å²) >= 11 is 25.0. The number of carboxylic acids is 1. The third kappa shape index (κ3) is 18.5. The molecule has 1 aliphatic rings. The molecule has 22 heteroatoms. The van der Waals surface area contributed by atoms with Crippen molar-refractivity contribution in [3.05, 3.63) is 104 Å². The van der Waals surface area contributed by atoms with Gasteiger partial charge in [0.25, 0.3) is 23.6 Å². The largest absolute Gasteiger partial charge is 0.493 e. The van der Waals surface area contributed by atoms with Gasteiger partial charge in [0.15, 0.2) is 0 Å². The number of amides is 6. The van der Waals surface area contributed by atoms with Gasteiger partial charge in [-0.15, -0.1) is 0 Å². The Kier molecular flexibility index (Phi) is 23.2. The Morgan fingerprint density at radius 3 is 1.74 bits per heavy atom. The minimum atomic E-state index is -1.35. The zero-order valence-corrected chi connectivity index (χ0v) is 38.6. The van der Waals surface area contributed by atoms with Crippen LogP contribution in [0, 0.1) is 0 Å². The van der Waals surface area contributed by atoms with Crippen molar-refractivity contribution in [2.24, 2.45) is 0 Å². The number of carboxylic acid groups (broad SMARTS) is 1. The second-order valence-corrected chi connectivity index (χ2v) is 15.7. The van der Waals surface area contributed by atoms with Gasteiger partial charge in [0, 0.05) is 56.7 Å². The zero-order chi connectivity index (χ0) is 47.8. The van der Waals surface area contributed by atoms with Crippen molar-refractivity contribution in [1.29, 1.82) is 0 Å². The monoisotopic (exact) mass is 995 g/mol. The molecule has 1 aliphatic heterocycles. The molecule has 5 N–H and O–H groups in total. The van der Waals surface area contributed by atoms with Crippen molar-refractivity contribution in [1.82, 2.24) is 20.9 Å². The summed E-state index contributed by atoms with van der Waals surface area (Å²) in [6.07, 6.45) is 2.86. The van der Waals surface area contributed by atoms with E-state index < -0.39 is 35.6 Å². The van der Waals surface area contributed by atoms with Gasteiger partial charge in [-0.2, -0.15) is 0 Å². The van der Waals surface area contributed by atoms with E-state index in [-0.39, 0.29) is 101 Å². The van der Waals surface area contributed by atoms with Crippen LogP contribution in [0.15, 0.2) is 66.7 Å². The van der Waals surface area contributed by atoms with E-state index in [1.165, 1.54) is 36.4 Å². The predicted octanol–water partition coefficient (Wildman–Crippen LogP) is 4.75. The number of benzene rings is 3. The first-order valence-corrected chi connectivity index (χ1v) is 22.1. The Labute approximate surface area is 400 Å². The van der Waals surface area contributed by atoms with Crippen LogP contribution in [0.2, 0.25) is 20.1 Å². The second kappa shape index (κ2) is 28.7. The van der Waals surface area contributed by atoms with Crippen LogP contribution in [0.25, 0.3) is 0 Å². The van der Waals surface area contributed by atoms with Gasteiger partial charge in [-0.25, -0.2) is 4.79 Å². The van der Waals surface area contributed by atoms with Gasteiger partial charge < -0.3 is 50.1 Å². The fourth-order valence-electron chi connectivity index (χ4n) is 5.87. The van der Waals surface area contributed by atoms with E-state index in [0.29, 0.717) is 63.9 Å². The number of anilines is 1. The maximum Gasteiger partial charge on any atom is 0.326 e. The molecule has 0 radical (unpaired) electrons. The molecule has 0 saturated heterocycles. The Bertz CT molecular complexity index is 2130. The standard InChI is InChI=1S/C44H49Cl4N5O13/c45-31-3-1-4-32(46)40(31)42(58)51-29-7-5-28(6-8-29)25-35(44(60)61)52-43(59)41-33(47)26-30(27-34(41)48)66-16-2-13-49-37(55)12-17-62-19-21-64-23-24-65-22-20-63-18-14-50-36(54)11-15-53-38(56)9-10-39(53)57/h1,3-10,26-27,35H,2,11-25H2,(H,49,55)(H,50,54)(H,51,58)(H,52,59)(H,60,61)/t35-/m0/s1. The Morgan fingerprint density at radius 2 is 1.15 bits per heavy atom. The minimum absolute atomic E-state index is 0.0156. The molecule has 0 spiro atoms. The Morgan fingerprint density at radius 1 is 0.621 bits per heavy atom. The fraction of sp³-hybridized carbons (Fsp3) is 0.386. The van der Waals surface area contributed by atoms with Crippen molar-refractivity contribution in [3.8, 4) is 5.75 Å². The van der Waals surface area contributed by atoms with Crippen LogP contribution >= 0.6 is 46.4 Å². The third-order valence-corrected chi connectivity index (χ3v) is 10.4. The number of nitrogens with one attached hydrogen (secondary N) is 4. The number of halogens is 4. The average molecular weight is 998 g/mol. The summed E-state index contributed by atoms with van der Waals surface area (Å²) in [4.78, 5) is 86.0. The normalized spacial score (nSPS) is 12.5. The molecule has 0 bridgehead atoms. The molecule has 1 atom stereocenters. The Balaban J connectivity index is 0.997. The van der Waals surface area contributed by atoms with Gasteiger partial charge in [-0.1, -0.05) is 64.6 Å². The van der Waals surface area contributed by atoms with Crippen LogP contribution in [-0.4, -0.2) is 137 Å². The summed E-state index contributed by atoms with van der Waals surface area (Å²) < 4.78 is 27.4. The molecule has 0 saturated carbocycles. The molecule has 4 rings (SSSR count). The molecule has 18 nitrogen and oxygen atoms in total. The van der Waals surface area contributed by atoms with Gasteiger partial charge in [-0.05, 0) is 48.4 Å². The summed E-state index contributed by atoms with van der Waals surface area (Å²) in [7, 11) is 0. The second-order valence-electron chi connectivity index (χ2n) is 14.1. The van der Waals surface area contributed by atoms with Gasteiger partial charge >= 0.3 is 5.97 Å². The van der Waals surface area contributed by atoms with E-state index in [1.807, 2.05) is 0 Å². The molecule has 0 unspecified atom stereocenters. The highest BCUT2D eigenvalue weighted by atomic mass is 35.5. The van der Waals surface area contributed by atoms with Crippen LogP contribution in [0.1, 0.15) is 45.5 Å². The summed E-state index contributed by atoms with van der Waals surface area (Å²) in [5.41, 5.74) is 0.942. The third-order valence-electron chi connectivity index (χ3n) is 9.22. The SMILES string of the molecule is O=C(CCOCCOCCOCCOCCNC(=O)CCN1C(=O)C=CC1=O)NCCCOc1cc(Cl)c(C(=O)N[C@@H](Cc2ccc(NC(=O)c3c(Cl)cccc3Cl)cc2)C(=O)O)c(Cl)c1. The number of aliphatic carboxylic acids is 1. The maximum absolute atomic E-state index is 13.2.